The predicted molar refractivity (Wildman–Crippen MR) is 88.8 cm³/mol. The fraction of sp³-hybridized carbons (Fsp3) is 0.125. The standard InChI is InChI=1S/C16H14N4OS/c1-11-7-9-13(10-8-11)19-20-15-14(21)18-16(22-15)17-12-5-3-2-4-6-12/h2-10,15H,1H3,(H,17,18,21). The number of rotatable bonds is 3. The molecule has 0 saturated carbocycles. The summed E-state index contributed by atoms with van der Waals surface area (Å²) >= 11 is 1.26. The van der Waals surface area contributed by atoms with Gasteiger partial charge in [0.1, 0.15) is 0 Å². The summed E-state index contributed by atoms with van der Waals surface area (Å²) in [5.74, 6) is -0.199. The molecule has 0 radical (unpaired) electrons. The van der Waals surface area contributed by atoms with Crippen LogP contribution in [-0.4, -0.2) is 16.4 Å². The average Bonchev–Trinajstić information content (AvgIpc) is 2.87. The molecule has 3 rings (SSSR count). The largest absolute Gasteiger partial charge is 0.302 e. The molecule has 110 valence electrons. The van der Waals surface area contributed by atoms with Gasteiger partial charge < -0.3 is 5.32 Å². The number of nitrogens with one attached hydrogen (secondary N) is 1. The topological polar surface area (TPSA) is 66.2 Å². The van der Waals surface area contributed by atoms with Crippen molar-refractivity contribution >= 4 is 34.2 Å². The summed E-state index contributed by atoms with van der Waals surface area (Å²) in [7, 11) is 0. The van der Waals surface area contributed by atoms with Crippen LogP contribution in [0.1, 0.15) is 5.56 Å². The number of amidine groups is 1. The Hall–Kier alpha value is -2.47. The van der Waals surface area contributed by atoms with Crippen LogP contribution in [0.25, 0.3) is 0 Å². The van der Waals surface area contributed by atoms with E-state index in [1.165, 1.54) is 11.8 Å². The lowest BCUT2D eigenvalue weighted by atomic mass is 10.2. The molecule has 0 aliphatic carbocycles. The monoisotopic (exact) mass is 310 g/mol. The molecule has 2 aromatic carbocycles. The average molecular weight is 310 g/mol. The molecule has 1 atom stereocenters. The second kappa shape index (κ2) is 6.53. The maximum Gasteiger partial charge on any atom is 0.263 e. The molecule has 1 unspecified atom stereocenters. The van der Waals surface area contributed by atoms with E-state index in [4.69, 9.17) is 0 Å². The molecular formula is C16H14N4OS. The van der Waals surface area contributed by atoms with E-state index in [9.17, 15) is 4.79 Å². The minimum atomic E-state index is -0.594. The first-order valence-electron chi connectivity index (χ1n) is 6.79. The number of thioether (sulfide) groups is 1. The number of carbonyl (C=O) groups excluding carboxylic acids is 1. The Morgan fingerprint density at radius 1 is 1.00 bits per heavy atom. The van der Waals surface area contributed by atoms with Crippen molar-refractivity contribution in [3.05, 3.63) is 60.2 Å². The first-order valence-corrected chi connectivity index (χ1v) is 7.67. The Morgan fingerprint density at radius 2 is 1.73 bits per heavy atom. The number of aliphatic imine (C=N–C) groups is 1. The number of hydrogen-bond acceptors (Lipinski definition) is 5. The van der Waals surface area contributed by atoms with Crippen molar-refractivity contribution in [2.75, 3.05) is 0 Å². The summed E-state index contributed by atoms with van der Waals surface area (Å²) in [6.07, 6.45) is 0. The van der Waals surface area contributed by atoms with Gasteiger partial charge in [0.15, 0.2) is 5.17 Å². The number of carbonyl (C=O) groups is 1. The van der Waals surface area contributed by atoms with Crippen LogP contribution in [0, 0.1) is 6.92 Å². The van der Waals surface area contributed by atoms with Gasteiger partial charge in [0.05, 0.1) is 11.4 Å². The van der Waals surface area contributed by atoms with E-state index in [1.807, 2.05) is 61.5 Å². The van der Waals surface area contributed by atoms with Crippen LogP contribution in [0.4, 0.5) is 11.4 Å². The lowest BCUT2D eigenvalue weighted by molar-refractivity contribution is -0.118. The maximum absolute atomic E-state index is 11.9. The lowest BCUT2D eigenvalue weighted by Crippen LogP contribution is -2.23. The van der Waals surface area contributed by atoms with Crippen LogP contribution >= 0.6 is 11.8 Å². The molecule has 1 saturated heterocycles. The van der Waals surface area contributed by atoms with Crippen molar-refractivity contribution in [2.24, 2.45) is 15.2 Å². The van der Waals surface area contributed by atoms with Gasteiger partial charge in [-0.2, -0.15) is 10.2 Å². The highest BCUT2D eigenvalue weighted by Gasteiger charge is 2.30. The SMILES string of the molecule is Cc1ccc(N=NC2SC(=Nc3ccccc3)NC2=O)cc1. The van der Waals surface area contributed by atoms with Crippen molar-refractivity contribution in [1.82, 2.24) is 5.32 Å². The molecule has 22 heavy (non-hydrogen) atoms. The van der Waals surface area contributed by atoms with E-state index in [-0.39, 0.29) is 5.91 Å². The predicted octanol–water partition coefficient (Wildman–Crippen LogP) is 3.96. The highest BCUT2D eigenvalue weighted by atomic mass is 32.2. The normalized spacial score (nSPS) is 19.8. The number of nitrogens with zero attached hydrogens (tertiary/aromatic N) is 3. The minimum absolute atomic E-state index is 0.199. The molecular weight excluding hydrogens is 296 g/mol. The van der Waals surface area contributed by atoms with E-state index in [0.717, 1.165) is 16.9 Å². The Bertz CT molecular complexity index is 726. The summed E-state index contributed by atoms with van der Waals surface area (Å²) in [6.45, 7) is 2.01. The van der Waals surface area contributed by atoms with Crippen LogP contribution in [0.2, 0.25) is 0 Å². The van der Waals surface area contributed by atoms with Gasteiger partial charge in [-0.25, -0.2) is 4.99 Å². The first kappa shape index (κ1) is 14.5. The molecule has 0 aromatic heterocycles. The summed E-state index contributed by atoms with van der Waals surface area (Å²) < 4.78 is 0. The highest BCUT2D eigenvalue weighted by Crippen LogP contribution is 2.25. The molecule has 5 nitrogen and oxygen atoms in total. The third-order valence-corrected chi connectivity index (χ3v) is 3.92. The smallest absolute Gasteiger partial charge is 0.263 e. The quantitative estimate of drug-likeness (QED) is 0.872. The summed E-state index contributed by atoms with van der Waals surface area (Å²) in [5, 5.41) is 10.9. The Labute approximate surface area is 132 Å². The molecule has 1 fully saturated rings. The van der Waals surface area contributed by atoms with Crippen LogP contribution in [-0.2, 0) is 4.79 Å². The Kier molecular flexibility index (Phi) is 4.29. The lowest BCUT2D eigenvalue weighted by Gasteiger charge is -1.97. The molecule has 0 bridgehead atoms. The number of aryl methyl sites for hydroxylation is 1. The van der Waals surface area contributed by atoms with Crippen molar-refractivity contribution in [3.8, 4) is 0 Å². The van der Waals surface area contributed by atoms with Gasteiger partial charge in [-0.3, -0.25) is 4.79 Å². The summed E-state index contributed by atoms with van der Waals surface area (Å²) in [4.78, 5) is 16.3. The van der Waals surface area contributed by atoms with Gasteiger partial charge in [-0.1, -0.05) is 35.9 Å². The highest BCUT2D eigenvalue weighted by molar-refractivity contribution is 8.15. The third-order valence-electron chi connectivity index (χ3n) is 2.98. The zero-order valence-corrected chi connectivity index (χ0v) is 12.7. The van der Waals surface area contributed by atoms with Gasteiger partial charge in [0, 0.05) is 0 Å². The number of benzene rings is 2. The van der Waals surface area contributed by atoms with Crippen molar-refractivity contribution in [1.29, 1.82) is 0 Å². The second-order valence-corrected chi connectivity index (χ2v) is 5.83. The fourth-order valence-corrected chi connectivity index (χ4v) is 2.63. The zero-order valence-electron chi connectivity index (χ0n) is 11.9. The number of para-hydroxylation sites is 1. The zero-order chi connectivity index (χ0) is 15.4. The number of amides is 1. The molecule has 2 aromatic rings. The summed E-state index contributed by atoms with van der Waals surface area (Å²) in [6, 6.07) is 17.1. The maximum atomic E-state index is 11.9. The van der Waals surface area contributed by atoms with Crippen LogP contribution in [0.5, 0.6) is 0 Å². The first-order chi connectivity index (χ1) is 10.7. The van der Waals surface area contributed by atoms with Crippen molar-refractivity contribution in [3.63, 3.8) is 0 Å². The summed E-state index contributed by atoms with van der Waals surface area (Å²) in [5.41, 5.74) is 2.68. The van der Waals surface area contributed by atoms with Crippen LogP contribution < -0.4 is 5.32 Å². The van der Waals surface area contributed by atoms with Crippen molar-refractivity contribution in [2.45, 2.75) is 12.3 Å². The molecule has 1 aliphatic rings. The van der Waals surface area contributed by atoms with E-state index in [1.54, 1.807) is 0 Å². The van der Waals surface area contributed by atoms with Gasteiger partial charge in [0.2, 0.25) is 5.37 Å². The van der Waals surface area contributed by atoms with Gasteiger partial charge in [0.25, 0.3) is 5.91 Å². The minimum Gasteiger partial charge on any atom is -0.302 e. The van der Waals surface area contributed by atoms with Crippen molar-refractivity contribution < 1.29 is 4.79 Å². The number of hydrogen-bond donors (Lipinski definition) is 1. The fourth-order valence-electron chi connectivity index (χ4n) is 1.84. The molecule has 1 heterocycles. The van der Waals surface area contributed by atoms with E-state index < -0.39 is 5.37 Å². The van der Waals surface area contributed by atoms with E-state index in [0.29, 0.717) is 5.17 Å². The Balaban J connectivity index is 1.70. The molecule has 1 N–H and O–H groups in total. The van der Waals surface area contributed by atoms with E-state index in [2.05, 4.69) is 20.5 Å². The molecule has 1 amide bonds. The van der Waals surface area contributed by atoms with Gasteiger partial charge >= 0.3 is 0 Å². The molecule has 1 aliphatic heterocycles. The Morgan fingerprint density at radius 3 is 2.45 bits per heavy atom. The third kappa shape index (κ3) is 3.59. The second-order valence-electron chi connectivity index (χ2n) is 4.76. The van der Waals surface area contributed by atoms with Gasteiger partial charge in [-0.15, -0.1) is 0 Å². The molecule has 0 spiro atoms. The van der Waals surface area contributed by atoms with Gasteiger partial charge in [-0.05, 0) is 43.0 Å². The van der Waals surface area contributed by atoms with Crippen LogP contribution in [0.15, 0.2) is 69.8 Å². The van der Waals surface area contributed by atoms with E-state index >= 15 is 0 Å². The van der Waals surface area contributed by atoms with Crippen LogP contribution in [0.3, 0.4) is 0 Å². The number of azo groups is 1. The molecule has 6 heteroatoms.